The minimum absolute atomic E-state index is 0.691. The number of rotatable bonds is 6. The van der Waals surface area contributed by atoms with Gasteiger partial charge in [0.15, 0.2) is 0 Å². The summed E-state index contributed by atoms with van der Waals surface area (Å²) in [5, 5.41) is 3.15. The molecule has 0 radical (unpaired) electrons. The van der Waals surface area contributed by atoms with Crippen LogP contribution in [0.3, 0.4) is 0 Å². The first-order valence-corrected chi connectivity index (χ1v) is 6.12. The van der Waals surface area contributed by atoms with Crippen LogP contribution in [-0.4, -0.2) is 32.1 Å². The minimum Gasteiger partial charge on any atom is -0.464 e. The van der Waals surface area contributed by atoms with Crippen molar-refractivity contribution in [3.63, 3.8) is 0 Å². The first kappa shape index (κ1) is 11.7. The summed E-state index contributed by atoms with van der Waals surface area (Å²) >= 11 is 0. The summed E-state index contributed by atoms with van der Waals surface area (Å²) < 4.78 is 5.87. The van der Waals surface area contributed by atoms with Crippen LogP contribution in [0.2, 0.25) is 0 Å². The predicted molar refractivity (Wildman–Crippen MR) is 65.5 cm³/mol. The molecule has 2 atom stereocenters. The third-order valence-electron chi connectivity index (χ3n) is 3.33. The van der Waals surface area contributed by atoms with Crippen molar-refractivity contribution in [1.82, 2.24) is 10.2 Å². The van der Waals surface area contributed by atoms with Gasteiger partial charge in [-0.2, -0.15) is 0 Å². The molecule has 1 fully saturated rings. The van der Waals surface area contributed by atoms with Gasteiger partial charge in [-0.3, -0.25) is 4.90 Å². The van der Waals surface area contributed by atoms with Crippen LogP contribution in [0.4, 0.5) is 0 Å². The third-order valence-corrected chi connectivity index (χ3v) is 3.33. The monoisotopic (exact) mass is 222 g/mol. The van der Waals surface area contributed by atoms with E-state index in [0.717, 1.165) is 31.3 Å². The largest absolute Gasteiger partial charge is 0.464 e. The Bertz CT molecular complexity index is 334. The van der Waals surface area contributed by atoms with Crippen molar-refractivity contribution in [2.75, 3.05) is 27.2 Å². The second-order valence-electron chi connectivity index (χ2n) is 4.96. The maximum atomic E-state index is 5.87. The molecule has 0 aliphatic heterocycles. The lowest BCUT2D eigenvalue weighted by Gasteiger charge is -2.14. The van der Waals surface area contributed by atoms with Crippen LogP contribution in [0.5, 0.6) is 0 Å². The molecule has 3 heteroatoms. The Hall–Kier alpha value is -0.800. The van der Waals surface area contributed by atoms with E-state index >= 15 is 0 Å². The number of nitrogens with zero attached hydrogens (tertiary/aromatic N) is 1. The van der Waals surface area contributed by atoms with Crippen molar-refractivity contribution in [2.45, 2.75) is 25.8 Å². The minimum atomic E-state index is 0.691. The second kappa shape index (κ2) is 5.02. The van der Waals surface area contributed by atoms with Gasteiger partial charge in [-0.25, -0.2) is 0 Å². The van der Waals surface area contributed by atoms with E-state index in [-0.39, 0.29) is 0 Å². The summed E-state index contributed by atoms with van der Waals surface area (Å²) in [6.07, 6.45) is 1.29. The molecule has 1 aliphatic rings. The van der Waals surface area contributed by atoms with Crippen LogP contribution in [-0.2, 0) is 6.54 Å². The van der Waals surface area contributed by atoms with Crippen LogP contribution >= 0.6 is 0 Å². The van der Waals surface area contributed by atoms with Crippen LogP contribution in [0.15, 0.2) is 16.5 Å². The number of likely N-dealkylation sites (N-methyl/N-ethyl adjacent to an activating group) is 2. The molecule has 0 saturated heterocycles. The van der Waals surface area contributed by atoms with Crippen LogP contribution in [0.25, 0.3) is 0 Å². The molecule has 2 rings (SSSR count). The fourth-order valence-corrected chi connectivity index (χ4v) is 2.05. The molecule has 90 valence electrons. The summed E-state index contributed by atoms with van der Waals surface area (Å²) in [6.45, 7) is 5.25. The van der Waals surface area contributed by atoms with Gasteiger partial charge in [-0.05, 0) is 38.6 Å². The average Bonchev–Trinajstić information content (AvgIpc) is 2.80. The van der Waals surface area contributed by atoms with E-state index in [1.165, 1.54) is 12.2 Å². The molecule has 3 nitrogen and oxygen atoms in total. The lowest BCUT2D eigenvalue weighted by molar-refractivity contribution is 0.292. The lowest BCUT2D eigenvalue weighted by atomic mass is 10.3. The van der Waals surface area contributed by atoms with Gasteiger partial charge in [0.25, 0.3) is 0 Å². The fraction of sp³-hybridized carbons (Fsp3) is 0.692. The van der Waals surface area contributed by atoms with Crippen molar-refractivity contribution in [3.05, 3.63) is 23.7 Å². The first-order chi connectivity index (χ1) is 7.70. The molecule has 1 N–H and O–H groups in total. The molecule has 0 spiro atoms. The molecule has 0 amide bonds. The molecule has 1 aromatic rings. The van der Waals surface area contributed by atoms with E-state index in [1.54, 1.807) is 0 Å². The number of hydrogen-bond acceptors (Lipinski definition) is 3. The van der Waals surface area contributed by atoms with Crippen molar-refractivity contribution in [2.24, 2.45) is 5.92 Å². The Morgan fingerprint density at radius 3 is 2.88 bits per heavy atom. The van der Waals surface area contributed by atoms with Crippen molar-refractivity contribution in [1.29, 1.82) is 0 Å². The molecule has 1 aromatic heterocycles. The molecule has 1 saturated carbocycles. The quantitative estimate of drug-likeness (QED) is 0.798. The Balaban J connectivity index is 1.83. The zero-order chi connectivity index (χ0) is 11.5. The summed E-state index contributed by atoms with van der Waals surface area (Å²) in [5.74, 6) is 3.79. The first-order valence-electron chi connectivity index (χ1n) is 6.12. The number of hydrogen-bond donors (Lipinski definition) is 1. The molecular formula is C13H22N2O. The summed E-state index contributed by atoms with van der Waals surface area (Å²) in [4.78, 5) is 2.27. The summed E-state index contributed by atoms with van der Waals surface area (Å²) in [6, 6.07) is 4.27. The highest BCUT2D eigenvalue weighted by molar-refractivity contribution is 5.17. The molecule has 1 aliphatic carbocycles. The van der Waals surface area contributed by atoms with E-state index < -0.39 is 0 Å². The smallest absolute Gasteiger partial charge is 0.118 e. The Morgan fingerprint density at radius 1 is 1.50 bits per heavy atom. The third kappa shape index (κ3) is 2.86. The van der Waals surface area contributed by atoms with Gasteiger partial charge in [0.1, 0.15) is 11.5 Å². The van der Waals surface area contributed by atoms with Gasteiger partial charge in [-0.1, -0.05) is 6.92 Å². The van der Waals surface area contributed by atoms with Crippen LogP contribution in [0.1, 0.15) is 30.8 Å². The highest BCUT2D eigenvalue weighted by Gasteiger charge is 2.36. The SMILES string of the molecule is CNCCN(C)Cc1ccc(C2CC2C)o1. The Morgan fingerprint density at radius 2 is 2.25 bits per heavy atom. The molecule has 1 heterocycles. The van der Waals surface area contributed by atoms with Gasteiger partial charge in [0, 0.05) is 19.0 Å². The van der Waals surface area contributed by atoms with Crippen molar-refractivity contribution >= 4 is 0 Å². The van der Waals surface area contributed by atoms with Crippen molar-refractivity contribution in [3.8, 4) is 0 Å². The van der Waals surface area contributed by atoms with E-state index in [1.807, 2.05) is 7.05 Å². The number of nitrogens with one attached hydrogen (secondary N) is 1. The van der Waals surface area contributed by atoms with Gasteiger partial charge in [0.2, 0.25) is 0 Å². The summed E-state index contributed by atoms with van der Waals surface area (Å²) in [7, 11) is 4.10. The van der Waals surface area contributed by atoms with Gasteiger partial charge < -0.3 is 9.73 Å². The van der Waals surface area contributed by atoms with E-state index in [2.05, 4.69) is 36.3 Å². The lowest BCUT2D eigenvalue weighted by Crippen LogP contribution is -2.26. The Labute approximate surface area is 97.8 Å². The van der Waals surface area contributed by atoms with Gasteiger partial charge in [0.05, 0.1) is 6.54 Å². The second-order valence-corrected chi connectivity index (χ2v) is 4.96. The van der Waals surface area contributed by atoms with E-state index in [0.29, 0.717) is 5.92 Å². The highest BCUT2D eigenvalue weighted by Crippen LogP contribution is 2.47. The molecule has 0 aromatic carbocycles. The zero-order valence-electron chi connectivity index (χ0n) is 10.5. The van der Waals surface area contributed by atoms with Crippen LogP contribution < -0.4 is 5.32 Å². The van der Waals surface area contributed by atoms with Gasteiger partial charge >= 0.3 is 0 Å². The number of furan rings is 1. The fourth-order valence-electron chi connectivity index (χ4n) is 2.05. The highest BCUT2D eigenvalue weighted by atomic mass is 16.3. The molecular weight excluding hydrogens is 200 g/mol. The van der Waals surface area contributed by atoms with Crippen molar-refractivity contribution < 1.29 is 4.42 Å². The molecule has 16 heavy (non-hydrogen) atoms. The maximum absolute atomic E-state index is 5.87. The van der Waals surface area contributed by atoms with E-state index in [9.17, 15) is 0 Å². The standard InChI is InChI=1S/C13H22N2O/c1-10-8-12(10)13-5-4-11(16-13)9-15(3)7-6-14-2/h4-5,10,12,14H,6-9H2,1-3H3. The maximum Gasteiger partial charge on any atom is 0.118 e. The molecule has 0 bridgehead atoms. The zero-order valence-corrected chi connectivity index (χ0v) is 10.5. The topological polar surface area (TPSA) is 28.4 Å². The summed E-state index contributed by atoms with van der Waals surface area (Å²) in [5.41, 5.74) is 0. The Kier molecular flexibility index (Phi) is 3.66. The normalized spacial score (nSPS) is 24.0. The van der Waals surface area contributed by atoms with Crippen LogP contribution in [0, 0.1) is 5.92 Å². The predicted octanol–water partition coefficient (Wildman–Crippen LogP) is 2.05. The van der Waals surface area contributed by atoms with E-state index in [4.69, 9.17) is 4.42 Å². The molecule has 2 unspecified atom stereocenters. The average molecular weight is 222 g/mol. The van der Waals surface area contributed by atoms with Gasteiger partial charge in [-0.15, -0.1) is 0 Å².